The van der Waals surface area contributed by atoms with E-state index in [0.717, 1.165) is 55.4 Å². The molecule has 1 aromatic heterocycles. The second-order valence-corrected chi connectivity index (χ2v) is 8.42. The van der Waals surface area contributed by atoms with Gasteiger partial charge < -0.3 is 15.4 Å². The first-order valence-electron chi connectivity index (χ1n) is 9.66. The third-order valence-corrected chi connectivity index (χ3v) is 5.70. The average Bonchev–Trinajstić information content (AvgIpc) is 3.12. The molecule has 2 heterocycles. The van der Waals surface area contributed by atoms with E-state index < -0.39 is 0 Å². The topological polar surface area (TPSA) is 61.8 Å². The van der Waals surface area contributed by atoms with Gasteiger partial charge in [-0.05, 0) is 31.5 Å². The number of aryl methyl sites for hydroxylation is 1. The fourth-order valence-electron chi connectivity index (χ4n) is 3.22. The molecule has 1 aliphatic heterocycles. The third-order valence-electron chi connectivity index (χ3n) is 4.57. The van der Waals surface area contributed by atoms with Crippen LogP contribution in [-0.4, -0.2) is 55.2 Å². The Bertz CT molecular complexity index is 775. The van der Waals surface area contributed by atoms with Crippen LogP contribution < -0.4 is 10.6 Å². The number of nitrogens with one attached hydrogen (secondary N) is 2. The van der Waals surface area contributed by atoms with Crippen molar-refractivity contribution >= 4 is 28.9 Å². The van der Waals surface area contributed by atoms with Crippen LogP contribution in [0.15, 0.2) is 35.5 Å². The number of rotatable bonds is 7. The average molecular weight is 422 g/mol. The fraction of sp³-hybridized carbons (Fsp3) is 0.500. The molecule has 28 heavy (non-hydrogen) atoms. The summed E-state index contributed by atoms with van der Waals surface area (Å²) in [6, 6.07) is 8.31. The summed E-state index contributed by atoms with van der Waals surface area (Å²) in [7, 11) is 0. The molecule has 152 valence electrons. The van der Waals surface area contributed by atoms with E-state index in [2.05, 4.69) is 40.4 Å². The molecule has 0 radical (unpaired) electrons. The predicted molar refractivity (Wildman–Crippen MR) is 116 cm³/mol. The van der Waals surface area contributed by atoms with Crippen molar-refractivity contribution in [1.82, 2.24) is 20.5 Å². The summed E-state index contributed by atoms with van der Waals surface area (Å²) in [5.41, 5.74) is 1.20. The maximum absolute atomic E-state index is 6.25. The van der Waals surface area contributed by atoms with Gasteiger partial charge in [-0.1, -0.05) is 23.7 Å². The van der Waals surface area contributed by atoms with Gasteiger partial charge in [-0.2, -0.15) is 0 Å². The highest BCUT2D eigenvalue weighted by molar-refractivity contribution is 7.11. The van der Waals surface area contributed by atoms with E-state index in [4.69, 9.17) is 21.3 Å². The lowest BCUT2D eigenvalue weighted by atomic mass is 10.0. The van der Waals surface area contributed by atoms with Crippen LogP contribution in [0.1, 0.15) is 28.4 Å². The number of aromatic nitrogens is 1. The predicted octanol–water partition coefficient (Wildman–Crippen LogP) is 3.23. The normalized spacial score (nSPS) is 16.8. The summed E-state index contributed by atoms with van der Waals surface area (Å²) in [6.07, 6.45) is 1.89. The maximum Gasteiger partial charge on any atom is 0.191 e. The summed E-state index contributed by atoms with van der Waals surface area (Å²) in [5, 5.41) is 8.61. The van der Waals surface area contributed by atoms with E-state index in [0.29, 0.717) is 6.54 Å². The highest BCUT2D eigenvalue weighted by atomic mass is 35.5. The first-order valence-corrected chi connectivity index (χ1v) is 10.9. The Balaban J connectivity index is 1.70. The molecule has 0 spiro atoms. The van der Waals surface area contributed by atoms with Crippen molar-refractivity contribution in [3.8, 4) is 0 Å². The van der Waals surface area contributed by atoms with E-state index in [9.17, 15) is 0 Å². The smallest absolute Gasteiger partial charge is 0.191 e. The van der Waals surface area contributed by atoms with Crippen LogP contribution >= 0.6 is 22.9 Å². The van der Waals surface area contributed by atoms with Gasteiger partial charge in [0.15, 0.2) is 5.96 Å². The van der Waals surface area contributed by atoms with E-state index in [-0.39, 0.29) is 6.04 Å². The summed E-state index contributed by atoms with van der Waals surface area (Å²) in [4.78, 5) is 12.7. The molecule has 0 amide bonds. The SMILES string of the molecule is CCNC(=NCc1ncc(C)s1)NCC(c1cccc(Cl)c1)N1CCOCC1. The number of halogens is 1. The van der Waals surface area contributed by atoms with Crippen LogP contribution in [0.25, 0.3) is 0 Å². The molecule has 1 saturated heterocycles. The molecule has 2 aromatic rings. The zero-order chi connectivity index (χ0) is 19.8. The number of hydrogen-bond donors (Lipinski definition) is 2. The molecule has 6 nitrogen and oxygen atoms in total. The van der Waals surface area contributed by atoms with Crippen molar-refractivity contribution in [3.63, 3.8) is 0 Å². The van der Waals surface area contributed by atoms with E-state index in [1.165, 1.54) is 10.4 Å². The van der Waals surface area contributed by atoms with Crippen molar-refractivity contribution < 1.29 is 4.74 Å². The second-order valence-electron chi connectivity index (χ2n) is 6.66. The number of guanidine groups is 1. The van der Waals surface area contributed by atoms with Gasteiger partial charge in [-0.25, -0.2) is 9.98 Å². The maximum atomic E-state index is 6.25. The molecule has 3 rings (SSSR count). The van der Waals surface area contributed by atoms with Gasteiger partial charge in [0.05, 0.1) is 25.8 Å². The Kier molecular flexibility index (Phi) is 8.09. The number of morpholine rings is 1. The van der Waals surface area contributed by atoms with Gasteiger partial charge in [0.1, 0.15) is 5.01 Å². The molecular formula is C20H28ClN5OS. The number of nitrogens with zero attached hydrogens (tertiary/aromatic N) is 3. The summed E-state index contributed by atoms with van der Waals surface area (Å²) in [5.74, 6) is 0.802. The Labute approximate surface area is 176 Å². The Morgan fingerprint density at radius 2 is 2.18 bits per heavy atom. The highest BCUT2D eigenvalue weighted by Crippen LogP contribution is 2.24. The number of aliphatic imine (C=N–C) groups is 1. The second kappa shape index (κ2) is 10.8. The van der Waals surface area contributed by atoms with Gasteiger partial charge in [0.2, 0.25) is 0 Å². The standard InChI is InChI=1S/C20H28ClN5OS/c1-3-22-20(25-14-19-23-12-15(2)28-19)24-13-18(26-7-9-27-10-8-26)16-5-4-6-17(21)11-16/h4-6,11-12,18H,3,7-10,13-14H2,1-2H3,(H2,22,24,25). The molecule has 1 unspecified atom stereocenters. The quantitative estimate of drug-likeness (QED) is 0.531. The molecule has 1 atom stereocenters. The van der Waals surface area contributed by atoms with Gasteiger partial charge in [-0.15, -0.1) is 11.3 Å². The first kappa shape index (κ1) is 21.0. The number of thiazole rings is 1. The van der Waals surface area contributed by atoms with Gasteiger partial charge in [-0.3, -0.25) is 4.90 Å². The fourth-order valence-corrected chi connectivity index (χ4v) is 4.13. The minimum absolute atomic E-state index is 0.202. The Hall–Kier alpha value is -1.67. The Morgan fingerprint density at radius 3 is 2.86 bits per heavy atom. The van der Waals surface area contributed by atoms with Crippen molar-refractivity contribution in [2.24, 2.45) is 4.99 Å². The molecule has 1 fully saturated rings. The van der Waals surface area contributed by atoms with Crippen molar-refractivity contribution in [2.75, 3.05) is 39.4 Å². The molecule has 0 aliphatic carbocycles. The van der Waals surface area contributed by atoms with Crippen molar-refractivity contribution in [1.29, 1.82) is 0 Å². The Morgan fingerprint density at radius 1 is 1.36 bits per heavy atom. The molecule has 2 N–H and O–H groups in total. The van der Waals surface area contributed by atoms with Gasteiger partial charge in [0.25, 0.3) is 0 Å². The molecule has 1 aromatic carbocycles. The largest absolute Gasteiger partial charge is 0.379 e. The van der Waals surface area contributed by atoms with Crippen LogP contribution in [0.4, 0.5) is 0 Å². The molecule has 0 saturated carbocycles. The monoisotopic (exact) mass is 421 g/mol. The highest BCUT2D eigenvalue weighted by Gasteiger charge is 2.23. The van der Waals surface area contributed by atoms with E-state index >= 15 is 0 Å². The zero-order valence-corrected chi connectivity index (χ0v) is 18.0. The summed E-state index contributed by atoms with van der Waals surface area (Å²) < 4.78 is 5.53. The number of hydrogen-bond acceptors (Lipinski definition) is 5. The minimum Gasteiger partial charge on any atom is -0.379 e. The number of benzene rings is 1. The molecule has 0 bridgehead atoms. The van der Waals surface area contributed by atoms with Gasteiger partial charge >= 0.3 is 0 Å². The zero-order valence-electron chi connectivity index (χ0n) is 16.4. The van der Waals surface area contributed by atoms with Crippen LogP contribution in [0.2, 0.25) is 5.02 Å². The van der Waals surface area contributed by atoms with Crippen molar-refractivity contribution in [2.45, 2.75) is 26.4 Å². The van der Waals surface area contributed by atoms with Crippen molar-refractivity contribution in [3.05, 3.63) is 50.9 Å². The number of ether oxygens (including phenoxy) is 1. The summed E-state index contributed by atoms with van der Waals surface area (Å²) >= 11 is 7.94. The summed E-state index contributed by atoms with van der Waals surface area (Å²) in [6.45, 7) is 9.59. The van der Waals surface area contributed by atoms with E-state index in [1.54, 1.807) is 11.3 Å². The van der Waals surface area contributed by atoms with Crippen LogP contribution in [0.5, 0.6) is 0 Å². The van der Waals surface area contributed by atoms with E-state index in [1.807, 2.05) is 24.4 Å². The van der Waals surface area contributed by atoms with Gasteiger partial charge in [0, 0.05) is 42.3 Å². The molecule has 1 aliphatic rings. The molecule has 8 heteroatoms. The minimum atomic E-state index is 0.202. The van der Waals surface area contributed by atoms with Crippen LogP contribution in [0.3, 0.4) is 0 Å². The van der Waals surface area contributed by atoms with Crippen LogP contribution in [0, 0.1) is 6.92 Å². The third kappa shape index (κ3) is 6.17. The van der Waals surface area contributed by atoms with Crippen LogP contribution in [-0.2, 0) is 11.3 Å². The first-order chi connectivity index (χ1) is 13.7. The lowest BCUT2D eigenvalue weighted by molar-refractivity contribution is 0.0170. The lowest BCUT2D eigenvalue weighted by Gasteiger charge is -2.35. The molecular weight excluding hydrogens is 394 g/mol. The lowest BCUT2D eigenvalue weighted by Crippen LogP contribution is -2.46.